The van der Waals surface area contributed by atoms with Crippen LogP contribution in [0.1, 0.15) is 25.0 Å². The van der Waals surface area contributed by atoms with E-state index >= 15 is 0 Å². The summed E-state index contributed by atoms with van der Waals surface area (Å²) in [5.41, 5.74) is 0. The van der Waals surface area contributed by atoms with E-state index in [1.54, 1.807) is 0 Å². The lowest BCUT2D eigenvalue weighted by atomic mass is 10.2. The molecular formula is C10H12Br2F3NO. The van der Waals surface area contributed by atoms with Gasteiger partial charge in [0.25, 0.3) is 0 Å². The number of unbranched alkanes of at least 4 members (excludes halogenated alkanes) is 1. The molecule has 1 N–H and O–H groups in total. The first kappa shape index (κ1) is 15.0. The van der Waals surface area contributed by atoms with E-state index in [4.69, 9.17) is 4.42 Å². The van der Waals surface area contributed by atoms with E-state index in [1.807, 2.05) is 6.07 Å². The standard InChI is InChI=1S/C10H12Br2F3NO/c11-8-5-7(17-9(8)12)6-16-4-2-1-3-10(13,14)15/h5,16H,1-4,6H2. The molecule has 0 amide bonds. The summed E-state index contributed by atoms with van der Waals surface area (Å²) in [5.74, 6) is 0.736. The Hall–Kier alpha value is -0.0100. The second-order valence-electron chi connectivity index (χ2n) is 3.58. The van der Waals surface area contributed by atoms with Gasteiger partial charge in [-0.05, 0) is 57.3 Å². The highest BCUT2D eigenvalue weighted by Gasteiger charge is 2.25. The maximum absolute atomic E-state index is 11.8. The van der Waals surface area contributed by atoms with Crippen molar-refractivity contribution in [2.75, 3.05) is 6.54 Å². The number of rotatable bonds is 6. The molecule has 0 aliphatic carbocycles. The first-order valence-corrected chi connectivity index (χ1v) is 6.68. The molecule has 7 heteroatoms. The van der Waals surface area contributed by atoms with Gasteiger partial charge in [0.05, 0.1) is 11.0 Å². The molecule has 2 nitrogen and oxygen atoms in total. The fourth-order valence-electron chi connectivity index (χ4n) is 1.27. The van der Waals surface area contributed by atoms with Crippen LogP contribution in [-0.4, -0.2) is 12.7 Å². The monoisotopic (exact) mass is 377 g/mol. The molecule has 1 aromatic heterocycles. The van der Waals surface area contributed by atoms with E-state index < -0.39 is 12.6 Å². The Morgan fingerprint density at radius 1 is 1.24 bits per heavy atom. The molecule has 1 heterocycles. The highest BCUT2D eigenvalue weighted by atomic mass is 79.9. The molecule has 98 valence electrons. The Bertz CT molecular complexity index is 332. The van der Waals surface area contributed by atoms with Crippen LogP contribution in [0.2, 0.25) is 0 Å². The third-order valence-corrected chi connectivity index (χ3v) is 3.77. The molecule has 0 aromatic carbocycles. The van der Waals surface area contributed by atoms with Crippen molar-refractivity contribution in [3.05, 3.63) is 21.0 Å². The van der Waals surface area contributed by atoms with Gasteiger partial charge in [-0.2, -0.15) is 13.2 Å². The lowest BCUT2D eigenvalue weighted by Crippen LogP contribution is -2.15. The molecule has 0 aliphatic heterocycles. The topological polar surface area (TPSA) is 25.2 Å². The fourth-order valence-corrected chi connectivity index (χ4v) is 1.92. The zero-order valence-corrected chi connectivity index (χ0v) is 12.1. The zero-order valence-electron chi connectivity index (χ0n) is 8.91. The molecule has 0 aliphatic rings. The molecule has 0 spiro atoms. The minimum atomic E-state index is -4.04. The van der Waals surface area contributed by atoms with E-state index in [2.05, 4.69) is 37.2 Å². The molecule has 0 saturated carbocycles. The second kappa shape index (κ2) is 6.80. The minimum Gasteiger partial charge on any atom is -0.452 e. The maximum atomic E-state index is 11.8. The van der Waals surface area contributed by atoms with Gasteiger partial charge < -0.3 is 9.73 Å². The Labute approximate surface area is 114 Å². The summed E-state index contributed by atoms with van der Waals surface area (Å²) in [4.78, 5) is 0. The fraction of sp³-hybridized carbons (Fsp3) is 0.600. The van der Waals surface area contributed by atoms with Crippen molar-refractivity contribution in [2.45, 2.75) is 32.0 Å². The number of hydrogen-bond donors (Lipinski definition) is 1. The van der Waals surface area contributed by atoms with Crippen LogP contribution in [-0.2, 0) is 6.54 Å². The number of hydrogen-bond acceptors (Lipinski definition) is 2. The van der Waals surface area contributed by atoms with Crippen molar-refractivity contribution in [3.8, 4) is 0 Å². The smallest absolute Gasteiger partial charge is 0.389 e. The van der Waals surface area contributed by atoms with Gasteiger partial charge in [-0.1, -0.05) is 0 Å². The van der Waals surface area contributed by atoms with Crippen LogP contribution in [0.15, 0.2) is 19.6 Å². The molecular weight excluding hydrogens is 367 g/mol. The lowest BCUT2D eigenvalue weighted by Gasteiger charge is -2.06. The van der Waals surface area contributed by atoms with Crippen molar-refractivity contribution in [3.63, 3.8) is 0 Å². The van der Waals surface area contributed by atoms with E-state index in [-0.39, 0.29) is 6.42 Å². The van der Waals surface area contributed by atoms with Crippen LogP contribution >= 0.6 is 31.9 Å². The van der Waals surface area contributed by atoms with E-state index in [0.29, 0.717) is 24.2 Å². The first-order chi connectivity index (χ1) is 7.88. The highest BCUT2D eigenvalue weighted by Crippen LogP contribution is 2.26. The van der Waals surface area contributed by atoms with Gasteiger partial charge in [0.15, 0.2) is 4.67 Å². The quantitative estimate of drug-likeness (QED) is 0.730. The van der Waals surface area contributed by atoms with Gasteiger partial charge in [0.2, 0.25) is 0 Å². The number of alkyl halides is 3. The lowest BCUT2D eigenvalue weighted by molar-refractivity contribution is -0.135. The third kappa shape index (κ3) is 6.47. The molecule has 0 bridgehead atoms. The van der Waals surface area contributed by atoms with Gasteiger partial charge in [-0.15, -0.1) is 0 Å². The summed E-state index contributed by atoms with van der Waals surface area (Å²) in [6, 6.07) is 1.81. The Morgan fingerprint density at radius 2 is 1.94 bits per heavy atom. The molecule has 17 heavy (non-hydrogen) atoms. The van der Waals surface area contributed by atoms with Crippen LogP contribution < -0.4 is 5.32 Å². The van der Waals surface area contributed by atoms with Crippen molar-refractivity contribution >= 4 is 31.9 Å². The van der Waals surface area contributed by atoms with Crippen LogP contribution in [0.4, 0.5) is 13.2 Å². The van der Waals surface area contributed by atoms with Crippen LogP contribution in [0.3, 0.4) is 0 Å². The summed E-state index contributed by atoms with van der Waals surface area (Å²) >= 11 is 6.48. The van der Waals surface area contributed by atoms with Gasteiger partial charge in [0.1, 0.15) is 5.76 Å². The van der Waals surface area contributed by atoms with Crippen LogP contribution in [0.5, 0.6) is 0 Å². The molecule has 1 rings (SSSR count). The second-order valence-corrected chi connectivity index (χ2v) is 5.16. The molecule has 1 aromatic rings. The van der Waals surface area contributed by atoms with Gasteiger partial charge in [-0.3, -0.25) is 0 Å². The molecule has 0 radical (unpaired) electrons. The normalized spacial score (nSPS) is 12.1. The third-order valence-electron chi connectivity index (χ3n) is 2.06. The highest BCUT2D eigenvalue weighted by molar-refractivity contribution is 9.13. The molecule has 0 saturated heterocycles. The van der Waals surface area contributed by atoms with Crippen molar-refractivity contribution in [1.82, 2.24) is 5.32 Å². The van der Waals surface area contributed by atoms with E-state index in [0.717, 1.165) is 10.2 Å². The number of furan rings is 1. The summed E-state index contributed by atoms with van der Waals surface area (Å²) in [7, 11) is 0. The van der Waals surface area contributed by atoms with E-state index in [1.165, 1.54) is 0 Å². The summed E-state index contributed by atoms with van der Waals surface area (Å²) < 4.78 is 42.2. The maximum Gasteiger partial charge on any atom is 0.389 e. The van der Waals surface area contributed by atoms with Crippen molar-refractivity contribution in [1.29, 1.82) is 0 Å². The van der Waals surface area contributed by atoms with Gasteiger partial charge >= 0.3 is 6.18 Å². The Balaban J connectivity index is 2.09. The summed E-state index contributed by atoms with van der Waals surface area (Å²) in [5, 5.41) is 3.03. The van der Waals surface area contributed by atoms with Crippen LogP contribution in [0, 0.1) is 0 Å². The van der Waals surface area contributed by atoms with Gasteiger partial charge in [0, 0.05) is 6.42 Å². The summed E-state index contributed by atoms with van der Waals surface area (Å²) in [6.45, 7) is 1.06. The van der Waals surface area contributed by atoms with Crippen molar-refractivity contribution in [2.24, 2.45) is 0 Å². The number of halogens is 5. The van der Waals surface area contributed by atoms with E-state index in [9.17, 15) is 13.2 Å². The van der Waals surface area contributed by atoms with Gasteiger partial charge in [-0.25, -0.2) is 0 Å². The molecule has 0 atom stereocenters. The predicted octanol–water partition coefficient (Wildman–Crippen LogP) is 4.63. The minimum absolute atomic E-state index is 0.155. The predicted molar refractivity (Wildman–Crippen MR) is 65.7 cm³/mol. The Morgan fingerprint density at radius 3 is 2.47 bits per heavy atom. The Kier molecular flexibility index (Phi) is 6.02. The first-order valence-electron chi connectivity index (χ1n) is 5.09. The molecule has 0 fully saturated rings. The SMILES string of the molecule is FC(F)(F)CCCCNCc1cc(Br)c(Br)o1. The average Bonchev–Trinajstić information content (AvgIpc) is 2.50. The largest absolute Gasteiger partial charge is 0.452 e. The zero-order chi connectivity index (χ0) is 12.9. The molecule has 0 unspecified atom stereocenters. The summed E-state index contributed by atoms with van der Waals surface area (Å²) in [6.07, 6.45) is -4.10. The number of nitrogens with one attached hydrogen (secondary N) is 1. The van der Waals surface area contributed by atoms with Crippen molar-refractivity contribution < 1.29 is 17.6 Å². The average molecular weight is 379 g/mol. The van der Waals surface area contributed by atoms with Crippen LogP contribution in [0.25, 0.3) is 0 Å².